The predicted octanol–water partition coefficient (Wildman–Crippen LogP) is 3.94. The second kappa shape index (κ2) is 6.91. The van der Waals surface area contributed by atoms with Gasteiger partial charge >= 0.3 is 0 Å². The standard InChI is InChI=1S/C17H15Cl2N5O3S/c1-28(25,26)24-12-7-9(18)6-10(13(12)19)14-15(11-4-5-21-17(20)22-11)27-16(23-14)8-2-3-8/h4-8,24H,2-3H2,1H3,(H2,20,21,22). The molecule has 4 rings (SSSR count). The average Bonchev–Trinajstić information content (AvgIpc) is 3.35. The Morgan fingerprint density at radius 3 is 2.64 bits per heavy atom. The zero-order valence-corrected chi connectivity index (χ0v) is 16.9. The van der Waals surface area contributed by atoms with Gasteiger partial charge in [-0.05, 0) is 31.0 Å². The average molecular weight is 440 g/mol. The number of aromatic nitrogens is 3. The molecule has 11 heteroatoms. The minimum atomic E-state index is -3.56. The van der Waals surface area contributed by atoms with Gasteiger partial charge in [-0.25, -0.2) is 23.4 Å². The molecule has 0 bridgehead atoms. The summed E-state index contributed by atoms with van der Waals surface area (Å²) in [7, 11) is -3.56. The summed E-state index contributed by atoms with van der Waals surface area (Å²) in [5, 5.41) is 0.434. The van der Waals surface area contributed by atoms with Gasteiger partial charge in [-0.15, -0.1) is 0 Å². The highest BCUT2D eigenvalue weighted by molar-refractivity contribution is 7.92. The van der Waals surface area contributed by atoms with Gasteiger partial charge in [-0.3, -0.25) is 4.72 Å². The Morgan fingerprint density at radius 2 is 2.00 bits per heavy atom. The van der Waals surface area contributed by atoms with Crippen LogP contribution in [0.4, 0.5) is 11.6 Å². The highest BCUT2D eigenvalue weighted by Gasteiger charge is 2.32. The molecule has 28 heavy (non-hydrogen) atoms. The number of hydrogen-bond acceptors (Lipinski definition) is 7. The lowest BCUT2D eigenvalue weighted by atomic mass is 10.1. The summed E-state index contributed by atoms with van der Waals surface area (Å²) in [5.41, 5.74) is 7.12. The Morgan fingerprint density at radius 1 is 1.25 bits per heavy atom. The van der Waals surface area contributed by atoms with Crippen molar-refractivity contribution in [3.8, 4) is 22.7 Å². The highest BCUT2D eigenvalue weighted by Crippen LogP contribution is 2.46. The lowest BCUT2D eigenvalue weighted by Gasteiger charge is -2.11. The summed E-state index contributed by atoms with van der Waals surface area (Å²) in [5.74, 6) is 1.25. The van der Waals surface area contributed by atoms with E-state index in [2.05, 4.69) is 19.7 Å². The summed E-state index contributed by atoms with van der Waals surface area (Å²) in [6, 6.07) is 4.67. The van der Waals surface area contributed by atoms with Crippen LogP contribution in [0.3, 0.4) is 0 Å². The third-order valence-corrected chi connectivity index (χ3v) is 5.28. The van der Waals surface area contributed by atoms with E-state index in [9.17, 15) is 8.42 Å². The van der Waals surface area contributed by atoms with Crippen LogP contribution in [-0.4, -0.2) is 29.6 Å². The lowest BCUT2D eigenvalue weighted by Crippen LogP contribution is -2.10. The molecule has 1 aliphatic carbocycles. The summed E-state index contributed by atoms with van der Waals surface area (Å²) in [4.78, 5) is 12.7. The quantitative estimate of drug-likeness (QED) is 0.616. The number of halogens is 2. The van der Waals surface area contributed by atoms with E-state index >= 15 is 0 Å². The van der Waals surface area contributed by atoms with Crippen LogP contribution >= 0.6 is 23.2 Å². The van der Waals surface area contributed by atoms with E-state index in [-0.39, 0.29) is 27.6 Å². The Balaban J connectivity index is 1.92. The number of hydrogen-bond donors (Lipinski definition) is 2. The first kappa shape index (κ1) is 19.0. The van der Waals surface area contributed by atoms with Crippen molar-refractivity contribution in [2.45, 2.75) is 18.8 Å². The molecule has 8 nitrogen and oxygen atoms in total. The van der Waals surface area contributed by atoms with Crippen molar-refractivity contribution in [2.24, 2.45) is 0 Å². The highest BCUT2D eigenvalue weighted by atomic mass is 35.5. The van der Waals surface area contributed by atoms with Crippen molar-refractivity contribution in [2.75, 3.05) is 16.7 Å². The fourth-order valence-corrected chi connectivity index (χ4v) is 3.81. The molecular formula is C17H15Cl2N5O3S. The number of oxazole rings is 1. The fraction of sp³-hybridized carbons (Fsp3) is 0.235. The number of rotatable bonds is 5. The third kappa shape index (κ3) is 3.91. The van der Waals surface area contributed by atoms with E-state index in [0.717, 1.165) is 19.1 Å². The van der Waals surface area contributed by atoms with Gasteiger partial charge in [-0.2, -0.15) is 0 Å². The number of nitrogens with zero attached hydrogens (tertiary/aromatic N) is 3. The van der Waals surface area contributed by atoms with Gasteiger partial charge in [0.2, 0.25) is 16.0 Å². The van der Waals surface area contributed by atoms with E-state index in [4.69, 9.17) is 33.4 Å². The third-order valence-electron chi connectivity index (χ3n) is 4.07. The van der Waals surface area contributed by atoms with Crippen LogP contribution < -0.4 is 10.5 Å². The molecule has 1 saturated carbocycles. The van der Waals surface area contributed by atoms with Gasteiger partial charge in [0.1, 0.15) is 11.4 Å². The Kier molecular flexibility index (Phi) is 4.68. The molecule has 1 aliphatic rings. The van der Waals surface area contributed by atoms with Crippen LogP contribution in [0.2, 0.25) is 10.0 Å². The van der Waals surface area contributed by atoms with Crippen LogP contribution in [-0.2, 0) is 10.0 Å². The number of nitrogens with one attached hydrogen (secondary N) is 1. The first-order valence-corrected chi connectivity index (χ1v) is 10.9. The van der Waals surface area contributed by atoms with E-state index in [1.807, 2.05) is 0 Å². The van der Waals surface area contributed by atoms with Crippen molar-refractivity contribution in [1.29, 1.82) is 0 Å². The normalized spacial score (nSPS) is 14.2. The predicted molar refractivity (Wildman–Crippen MR) is 108 cm³/mol. The smallest absolute Gasteiger partial charge is 0.229 e. The van der Waals surface area contributed by atoms with Crippen LogP contribution in [0.1, 0.15) is 24.7 Å². The zero-order chi connectivity index (χ0) is 20.1. The van der Waals surface area contributed by atoms with E-state index in [0.29, 0.717) is 28.6 Å². The second-order valence-corrected chi connectivity index (χ2v) is 9.06. The maximum atomic E-state index is 11.7. The number of anilines is 2. The van der Waals surface area contributed by atoms with Gasteiger partial charge in [-0.1, -0.05) is 23.2 Å². The van der Waals surface area contributed by atoms with Gasteiger partial charge in [0, 0.05) is 22.7 Å². The summed E-state index contributed by atoms with van der Waals surface area (Å²) >= 11 is 12.7. The van der Waals surface area contributed by atoms with Crippen LogP contribution in [0, 0.1) is 0 Å². The molecule has 0 amide bonds. The van der Waals surface area contributed by atoms with E-state index in [1.165, 1.54) is 12.3 Å². The van der Waals surface area contributed by atoms with Crippen LogP contribution in [0.15, 0.2) is 28.8 Å². The Labute approximate surface area is 171 Å². The van der Waals surface area contributed by atoms with Crippen molar-refractivity contribution in [1.82, 2.24) is 15.0 Å². The lowest BCUT2D eigenvalue weighted by molar-refractivity contribution is 0.508. The van der Waals surface area contributed by atoms with Gasteiger partial charge in [0.05, 0.1) is 17.0 Å². The molecule has 0 spiro atoms. The van der Waals surface area contributed by atoms with Crippen molar-refractivity contribution in [3.05, 3.63) is 40.3 Å². The Bertz CT molecular complexity index is 1180. The second-order valence-electron chi connectivity index (χ2n) is 6.49. The van der Waals surface area contributed by atoms with Crippen LogP contribution in [0.5, 0.6) is 0 Å². The summed E-state index contributed by atoms with van der Waals surface area (Å²) in [6.07, 6.45) is 4.50. The monoisotopic (exact) mass is 439 g/mol. The topological polar surface area (TPSA) is 124 Å². The number of nitrogen functional groups attached to an aromatic ring is 1. The largest absolute Gasteiger partial charge is 0.438 e. The van der Waals surface area contributed by atoms with E-state index < -0.39 is 10.0 Å². The molecule has 0 radical (unpaired) electrons. The number of nitrogens with two attached hydrogens (primary N) is 1. The molecule has 3 N–H and O–H groups in total. The van der Waals surface area contributed by atoms with Gasteiger partial charge in [0.25, 0.3) is 0 Å². The molecular weight excluding hydrogens is 425 g/mol. The molecule has 2 aromatic heterocycles. The molecule has 0 saturated heterocycles. The minimum Gasteiger partial charge on any atom is -0.438 e. The van der Waals surface area contributed by atoms with Gasteiger partial charge < -0.3 is 10.2 Å². The van der Waals surface area contributed by atoms with Crippen LogP contribution in [0.25, 0.3) is 22.7 Å². The van der Waals surface area contributed by atoms with Crippen molar-refractivity contribution < 1.29 is 12.8 Å². The fourth-order valence-electron chi connectivity index (χ4n) is 2.73. The summed E-state index contributed by atoms with van der Waals surface area (Å²) < 4.78 is 31.7. The van der Waals surface area contributed by atoms with Gasteiger partial charge in [0.15, 0.2) is 11.7 Å². The maximum Gasteiger partial charge on any atom is 0.229 e. The molecule has 0 atom stereocenters. The maximum absolute atomic E-state index is 11.7. The van der Waals surface area contributed by atoms with E-state index in [1.54, 1.807) is 12.1 Å². The molecule has 0 aliphatic heterocycles. The Hall–Kier alpha value is -2.36. The molecule has 146 valence electrons. The molecule has 1 fully saturated rings. The number of sulfonamides is 1. The molecule has 0 unspecified atom stereocenters. The molecule has 1 aromatic carbocycles. The first-order chi connectivity index (χ1) is 13.2. The van der Waals surface area contributed by atoms with Crippen molar-refractivity contribution >= 4 is 44.9 Å². The molecule has 3 aromatic rings. The summed E-state index contributed by atoms with van der Waals surface area (Å²) in [6.45, 7) is 0. The van der Waals surface area contributed by atoms with Crippen molar-refractivity contribution in [3.63, 3.8) is 0 Å². The minimum absolute atomic E-state index is 0.0874. The first-order valence-electron chi connectivity index (χ1n) is 8.28. The molecule has 2 heterocycles. The zero-order valence-electron chi connectivity index (χ0n) is 14.6. The SMILES string of the molecule is CS(=O)(=O)Nc1cc(Cl)cc(-c2nc(C3CC3)oc2-c2ccnc(N)n2)c1Cl. The number of benzene rings is 1.